The van der Waals surface area contributed by atoms with Crippen molar-refractivity contribution < 1.29 is 0 Å². The molecule has 4 nitrogen and oxygen atoms in total. The van der Waals surface area contributed by atoms with E-state index in [9.17, 15) is 0 Å². The van der Waals surface area contributed by atoms with Crippen molar-refractivity contribution in [3.05, 3.63) is 16.1 Å². The zero-order chi connectivity index (χ0) is 15.4. The molecular weight excluding hydrogens is 307 g/mol. The molecule has 1 saturated heterocycles. The predicted molar refractivity (Wildman–Crippen MR) is 92.0 cm³/mol. The van der Waals surface area contributed by atoms with Crippen LogP contribution in [-0.2, 0) is 0 Å². The van der Waals surface area contributed by atoms with Gasteiger partial charge in [0, 0.05) is 38.8 Å². The third kappa shape index (κ3) is 4.15. The largest absolute Gasteiger partial charge is 0.369 e. The van der Waals surface area contributed by atoms with Crippen LogP contribution in [0.3, 0.4) is 0 Å². The minimum atomic E-state index is 0.581. The SMILES string of the molecule is CCCNc1nc(N2CCN(C(C)C)CC2)c(Cl)cc1Cl. The maximum absolute atomic E-state index is 6.34. The molecule has 2 heterocycles. The molecule has 0 radical (unpaired) electrons. The lowest BCUT2D eigenvalue weighted by Gasteiger charge is -2.37. The van der Waals surface area contributed by atoms with Gasteiger partial charge in [0.05, 0.1) is 10.0 Å². The van der Waals surface area contributed by atoms with E-state index in [1.807, 2.05) is 0 Å². The van der Waals surface area contributed by atoms with Crippen molar-refractivity contribution in [2.75, 3.05) is 42.9 Å². The van der Waals surface area contributed by atoms with Crippen molar-refractivity contribution in [2.24, 2.45) is 0 Å². The fourth-order valence-electron chi connectivity index (χ4n) is 2.50. The molecule has 0 bridgehead atoms. The van der Waals surface area contributed by atoms with Crippen LogP contribution < -0.4 is 10.2 Å². The molecule has 1 N–H and O–H groups in total. The standard InChI is InChI=1S/C15H24Cl2N4/c1-4-5-18-14-12(16)10-13(17)15(19-14)21-8-6-20(7-9-21)11(2)3/h10-11H,4-9H2,1-3H3,(H,18,19). The molecule has 6 heteroatoms. The van der Waals surface area contributed by atoms with Gasteiger partial charge in [-0.2, -0.15) is 0 Å². The highest BCUT2D eigenvalue weighted by atomic mass is 35.5. The monoisotopic (exact) mass is 330 g/mol. The highest BCUT2D eigenvalue weighted by Crippen LogP contribution is 2.32. The second kappa shape index (κ2) is 7.52. The van der Waals surface area contributed by atoms with Crippen LogP contribution in [0.15, 0.2) is 6.07 Å². The molecule has 0 atom stereocenters. The van der Waals surface area contributed by atoms with E-state index in [0.29, 0.717) is 16.1 Å². The zero-order valence-corrected chi connectivity index (χ0v) is 14.5. The van der Waals surface area contributed by atoms with Crippen LogP contribution in [0, 0.1) is 0 Å². The fraction of sp³-hybridized carbons (Fsp3) is 0.667. The van der Waals surface area contributed by atoms with Crippen molar-refractivity contribution in [1.29, 1.82) is 0 Å². The summed E-state index contributed by atoms with van der Waals surface area (Å²) < 4.78 is 0. The van der Waals surface area contributed by atoms with E-state index in [2.05, 4.69) is 40.9 Å². The lowest BCUT2D eigenvalue weighted by molar-refractivity contribution is 0.209. The number of aromatic nitrogens is 1. The highest BCUT2D eigenvalue weighted by molar-refractivity contribution is 6.37. The molecule has 1 fully saturated rings. The Morgan fingerprint density at radius 2 is 1.86 bits per heavy atom. The van der Waals surface area contributed by atoms with Crippen LogP contribution in [0.25, 0.3) is 0 Å². The number of nitrogens with zero attached hydrogens (tertiary/aromatic N) is 3. The van der Waals surface area contributed by atoms with Gasteiger partial charge in [0.25, 0.3) is 0 Å². The number of pyridine rings is 1. The normalized spacial score (nSPS) is 16.6. The molecule has 1 aliphatic heterocycles. The van der Waals surface area contributed by atoms with Crippen LogP contribution in [-0.4, -0.2) is 48.6 Å². The van der Waals surface area contributed by atoms with Crippen LogP contribution in [0.4, 0.5) is 11.6 Å². The summed E-state index contributed by atoms with van der Waals surface area (Å²) in [5.74, 6) is 1.56. The number of halogens is 2. The average Bonchev–Trinajstić information content (AvgIpc) is 2.46. The first kappa shape index (κ1) is 16.7. The molecule has 1 aromatic heterocycles. The first-order valence-electron chi connectivity index (χ1n) is 7.61. The predicted octanol–water partition coefficient (Wildman–Crippen LogP) is 3.74. The topological polar surface area (TPSA) is 31.4 Å². The lowest BCUT2D eigenvalue weighted by Crippen LogP contribution is -2.49. The molecule has 1 aromatic rings. The van der Waals surface area contributed by atoms with Gasteiger partial charge in [-0.3, -0.25) is 4.90 Å². The number of nitrogens with one attached hydrogen (secondary N) is 1. The van der Waals surface area contributed by atoms with E-state index < -0.39 is 0 Å². The summed E-state index contributed by atoms with van der Waals surface area (Å²) in [5.41, 5.74) is 0. The van der Waals surface area contributed by atoms with Gasteiger partial charge in [0.1, 0.15) is 11.6 Å². The molecule has 1 aliphatic rings. The van der Waals surface area contributed by atoms with Crippen LogP contribution in [0.5, 0.6) is 0 Å². The maximum Gasteiger partial charge on any atom is 0.150 e. The third-order valence-corrected chi connectivity index (χ3v) is 4.36. The van der Waals surface area contributed by atoms with E-state index in [1.165, 1.54) is 0 Å². The van der Waals surface area contributed by atoms with Crippen molar-refractivity contribution in [3.63, 3.8) is 0 Å². The average molecular weight is 331 g/mol. The van der Waals surface area contributed by atoms with Gasteiger partial charge in [0.2, 0.25) is 0 Å². The Balaban J connectivity index is 2.12. The van der Waals surface area contributed by atoms with Crippen molar-refractivity contribution in [1.82, 2.24) is 9.88 Å². The lowest BCUT2D eigenvalue weighted by atomic mass is 10.2. The smallest absolute Gasteiger partial charge is 0.150 e. The van der Waals surface area contributed by atoms with E-state index in [1.54, 1.807) is 6.07 Å². The Labute approximate surface area is 137 Å². The van der Waals surface area contributed by atoms with Gasteiger partial charge in [0.15, 0.2) is 0 Å². The summed E-state index contributed by atoms with van der Waals surface area (Å²) in [6.07, 6.45) is 1.03. The van der Waals surface area contributed by atoms with Crippen molar-refractivity contribution in [2.45, 2.75) is 33.2 Å². The molecule has 0 saturated carbocycles. The molecule has 0 unspecified atom stereocenters. The summed E-state index contributed by atoms with van der Waals surface area (Å²) >= 11 is 12.5. The number of piperazine rings is 1. The Hall–Kier alpha value is -0.710. The first-order chi connectivity index (χ1) is 10.0. The molecule has 0 spiro atoms. The van der Waals surface area contributed by atoms with Gasteiger partial charge < -0.3 is 10.2 Å². The molecule has 0 aliphatic carbocycles. The van der Waals surface area contributed by atoms with Crippen LogP contribution in [0.2, 0.25) is 10.0 Å². The summed E-state index contributed by atoms with van der Waals surface area (Å²) in [6, 6.07) is 2.38. The van der Waals surface area contributed by atoms with E-state index in [-0.39, 0.29) is 0 Å². The fourth-order valence-corrected chi connectivity index (χ4v) is 3.04. The summed E-state index contributed by atoms with van der Waals surface area (Å²) in [6.45, 7) is 11.4. The van der Waals surface area contributed by atoms with Gasteiger partial charge in [-0.05, 0) is 26.3 Å². The third-order valence-electron chi connectivity index (χ3n) is 3.80. The van der Waals surface area contributed by atoms with Crippen LogP contribution >= 0.6 is 23.2 Å². The van der Waals surface area contributed by atoms with Crippen molar-refractivity contribution in [3.8, 4) is 0 Å². The van der Waals surface area contributed by atoms with Gasteiger partial charge >= 0.3 is 0 Å². The summed E-state index contributed by atoms with van der Waals surface area (Å²) in [4.78, 5) is 9.35. The summed E-state index contributed by atoms with van der Waals surface area (Å²) in [5, 5.41) is 4.46. The summed E-state index contributed by atoms with van der Waals surface area (Å²) in [7, 11) is 0. The van der Waals surface area contributed by atoms with Crippen LogP contribution in [0.1, 0.15) is 27.2 Å². The molecular formula is C15H24Cl2N4. The number of anilines is 2. The van der Waals surface area contributed by atoms with E-state index in [4.69, 9.17) is 23.2 Å². The first-order valence-corrected chi connectivity index (χ1v) is 8.37. The van der Waals surface area contributed by atoms with E-state index in [0.717, 1.165) is 50.8 Å². The molecule has 21 heavy (non-hydrogen) atoms. The van der Waals surface area contributed by atoms with Gasteiger partial charge in [-0.1, -0.05) is 30.1 Å². The Kier molecular flexibility index (Phi) is 5.97. The Morgan fingerprint density at radius 1 is 1.19 bits per heavy atom. The highest BCUT2D eigenvalue weighted by Gasteiger charge is 2.22. The molecule has 0 aromatic carbocycles. The molecule has 0 amide bonds. The van der Waals surface area contributed by atoms with E-state index >= 15 is 0 Å². The minimum absolute atomic E-state index is 0.581. The zero-order valence-electron chi connectivity index (χ0n) is 13.0. The quantitative estimate of drug-likeness (QED) is 0.891. The number of rotatable bonds is 5. The maximum atomic E-state index is 6.34. The molecule has 118 valence electrons. The van der Waals surface area contributed by atoms with Gasteiger partial charge in [-0.15, -0.1) is 0 Å². The number of hydrogen-bond acceptors (Lipinski definition) is 4. The second-order valence-corrected chi connectivity index (χ2v) is 6.48. The van der Waals surface area contributed by atoms with Crippen molar-refractivity contribution >= 4 is 34.8 Å². The van der Waals surface area contributed by atoms with Gasteiger partial charge in [-0.25, -0.2) is 4.98 Å². The Morgan fingerprint density at radius 3 is 2.43 bits per heavy atom. The number of hydrogen-bond donors (Lipinski definition) is 1. The second-order valence-electron chi connectivity index (χ2n) is 5.67. The minimum Gasteiger partial charge on any atom is -0.369 e. The molecule has 2 rings (SSSR count). The Bertz CT molecular complexity index is 471.